The first-order valence-corrected chi connectivity index (χ1v) is 5.02. The van der Waals surface area contributed by atoms with E-state index in [1.807, 2.05) is 6.92 Å². The van der Waals surface area contributed by atoms with Gasteiger partial charge in [0.2, 0.25) is 0 Å². The Balaban J connectivity index is 2.47. The Morgan fingerprint density at radius 2 is 2.36 bits per heavy atom. The van der Waals surface area contributed by atoms with E-state index in [-0.39, 0.29) is 11.2 Å². The van der Waals surface area contributed by atoms with Crippen molar-refractivity contribution in [3.8, 4) is 0 Å². The number of hydrogen-bond acceptors (Lipinski definition) is 3. The summed E-state index contributed by atoms with van der Waals surface area (Å²) in [7, 11) is 0. The van der Waals surface area contributed by atoms with Crippen LogP contribution < -0.4 is 5.69 Å². The Hall–Kier alpha value is -0.880. The van der Waals surface area contributed by atoms with Crippen LogP contribution >= 0.6 is 12.2 Å². The SMILES string of the molecule is CC1(n2c(=O)[nH][nH]c2=S)CCCOC1. The molecule has 0 saturated carbocycles. The van der Waals surface area contributed by atoms with Crippen LogP contribution in [0.2, 0.25) is 0 Å². The molecule has 5 nitrogen and oxygen atoms in total. The molecule has 0 spiro atoms. The molecular weight excluding hydrogens is 202 g/mol. The van der Waals surface area contributed by atoms with Crippen LogP contribution in [0.5, 0.6) is 0 Å². The van der Waals surface area contributed by atoms with Gasteiger partial charge in [-0.3, -0.25) is 9.67 Å². The third kappa shape index (κ3) is 1.44. The molecule has 2 heterocycles. The lowest BCUT2D eigenvalue weighted by atomic mass is 9.95. The molecule has 6 heteroatoms. The fourth-order valence-corrected chi connectivity index (χ4v) is 2.25. The largest absolute Gasteiger partial charge is 0.379 e. The first-order chi connectivity index (χ1) is 6.63. The minimum absolute atomic E-state index is 0.192. The van der Waals surface area contributed by atoms with Crippen LogP contribution in [0.4, 0.5) is 0 Å². The maximum atomic E-state index is 11.5. The molecule has 1 aromatic heterocycles. The Morgan fingerprint density at radius 3 is 2.86 bits per heavy atom. The highest BCUT2D eigenvalue weighted by atomic mass is 32.1. The minimum atomic E-state index is -0.303. The molecule has 0 aliphatic carbocycles. The molecule has 1 aliphatic heterocycles. The smallest absolute Gasteiger partial charge is 0.342 e. The summed E-state index contributed by atoms with van der Waals surface area (Å²) in [5, 5.41) is 5.13. The lowest BCUT2D eigenvalue weighted by molar-refractivity contribution is 0.00723. The van der Waals surface area contributed by atoms with E-state index in [1.165, 1.54) is 0 Å². The van der Waals surface area contributed by atoms with E-state index in [0.29, 0.717) is 11.4 Å². The normalized spacial score (nSPS) is 27.8. The highest BCUT2D eigenvalue weighted by molar-refractivity contribution is 7.71. The summed E-state index contributed by atoms with van der Waals surface area (Å²) in [6, 6.07) is 0. The average molecular weight is 215 g/mol. The summed E-state index contributed by atoms with van der Waals surface area (Å²) >= 11 is 5.05. The van der Waals surface area contributed by atoms with Gasteiger partial charge in [0.25, 0.3) is 0 Å². The van der Waals surface area contributed by atoms with Crippen LogP contribution in [0.25, 0.3) is 0 Å². The summed E-state index contributed by atoms with van der Waals surface area (Å²) in [5.74, 6) is 0. The van der Waals surface area contributed by atoms with Gasteiger partial charge in [-0.1, -0.05) is 0 Å². The molecule has 1 aliphatic rings. The molecule has 2 rings (SSSR count). The molecular formula is C8H13N3O2S. The zero-order chi connectivity index (χ0) is 10.2. The lowest BCUT2D eigenvalue weighted by Crippen LogP contribution is -2.44. The Kier molecular flexibility index (Phi) is 2.32. The maximum absolute atomic E-state index is 11.5. The summed E-state index contributed by atoms with van der Waals surface area (Å²) in [5.41, 5.74) is -0.494. The number of aromatic nitrogens is 3. The predicted octanol–water partition coefficient (Wildman–Crippen LogP) is 0.760. The third-order valence-corrected chi connectivity index (χ3v) is 2.92. The number of rotatable bonds is 1. The van der Waals surface area contributed by atoms with Crippen molar-refractivity contribution >= 4 is 12.2 Å². The van der Waals surface area contributed by atoms with Gasteiger partial charge >= 0.3 is 5.69 Å². The lowest BCUT2D eigenvalue weighted by Gasteiger charge is -2.33. The van der Waals surface area contributed by atoms with E-state index >= 15 is 0 Å². The average Bonchev–Trinajstić information content (AvgIpc) is 2.48. The van der Waals surface area contributed by atoms with E-state index in [4.69, 9.17) is 17.0 Å². The first-order valence-electron chi connectivity index (χ1n) is 4.61. The van der Waals surface area contributed by atoms with Crippen molar-refractivity contribution in [2.75, 3.05) is 13.2 Å². The fraction of sp³-hybridized carbons (Fsp3) is 0.750. The molecule has 0 aromatic carbocycles. The van der Waals surface area contributed by atoms with Crippen molar-refractivity contribution in [3.05, 3.63) is 15.3 Å². The molecule has 78 valence electrons. The van der Waals surface area contributed by atoms with Crippen LogP contribution in [-0.4, -0.2) is 28.0 Å². The van der Waals surface area contributed by atoms with Crippen LogP contribution in [0.15, 0.2) is 4.79 Å². The third-order valence-electron chi connectivity index (χ3n) is 2.64. The molecule has 1 saturated heterocycles. The molecule has 14 heavy (non-hydrogen) atoms. The van der Waals surface area contributed by atoms with Gasteiger partial charge in [-0.2, -0.15) is 0 Å². The van der Waals surface area contributed by atoms with Crippen molar-refractivity contribution in [1.82, 2.24) is 14.8 Å². The monoisotopic (exact) mass is 215 g/mol. The molecule has 2 N–H and O–H groups in total. The Bertz CT molecular complexity index is 397. The Labute approximate surface area is 86.1 Å². The van der Waals surface area contributed by atoms with Gasteiger partial charge in [-0.25, -0.2) is 9.89 Å². The summed E-state index contributed by atoms with van der Waals surface area (Å²) < 4.78 is 7.39. The van der Waals surface area contributed by atoms with Gasteiger partial charge < -0.3 is 4.74 Å². The van der Waals surface area contributed by atoms with Crippen LogP contribution in [0.3, 0.4) is 0 Å². The second-order valence-corrected chi connectivity index (χ2v) is 4.24. The number of nitrogens with one attached hydrogen (secondary N) is 2. The number of aromatic amines is 2. The standard InChI is InChI=1S/C8H13N3O2S/c1-8(3-2-4-13-5-8)11-6(12)9-10-7(11)14/h2-5H2,1H3,(H,9,12)(H,10,14). The van der Waals surface area contributed by atoms with E-state index in [1.54, 1.807) is 4.57 Å². The topological polar surface area (TPSA) is 62.8 Å². The van der Waals surface area contributed by atoms with Crippen molar-refractivity contribution in [2.24, 2.45) is 0 Å². The highest BCUT2D eigenvalue weighted by Gasteiger charge is 2.31. The fourth-order valence-electron chi connectivity index (χ4n) is 1.90. The second kappa shape index (κ2) is 3.36. The maximum Gasteiger partial charge on any atom is 0.342 e. The zero-order valence-electron chi connectivity index (χ0n) is 8.00. The van der Waals surface area contributed by atoms with Crippen molar-refractivity contribution in [3.63, 3.8) is 0 Å². The van der Waals surface area contributed by atoms with Crippen LogP contribution in [0.1, 0.15) is 19.8 Å². The van der Waals surface area contributed by atoms with Gasteiger partial charge in [-0.15, -0.1) is 0 Å². The molecule has 0 bridgehead atoms. The summed E-state index contributed by atoms with van der Waals surface area (Å²) in [4.78, 5) is 11.5. The van der Waals surface area contributed by atoms with Gasteiger partial charge in [0.1, 0.15) is 0 Å². The van der Waals surface area contributed by atoms with Crippen molar-refractivity contribution in [2.45, 2.75) is 25.3 Å². The van der Waals surface area contributed by atoms with Crippen LogP contribution in [0, 0.1) is 4.77 Å². The van der Waals surface area contributed by atoms with Gasteiger partial charge in [0.15, 0.2) is 4.77 Å². The molecule has 0 amide bonds. The number of ether oxygens (including phenoxy) is 1. The zero-order valence-corrected chi connectivity index (χ0v) is 8.82. The molecule has 0 radical (unpaired) electrons. The van der Waals surface area contributed by atoms with E-state index < -0.39 is 0 Å². The number of nitrogens with zero attached hydrogens (tertiary/aromatic N) is 1. The van der Waals surface area contributed by atoms with Gasteiger partial charge in [-0.05, 0) is 32.0 Å². The quantitative estimate of drug-likeness (QED) is 0.680. The number of H-pyrrole nitrogens is 2. The Morgan fingerprint density at radius 1 is 1.57 bits per heavy atom. The van der Waals surface area contributed by atoms with Crippen molar-refractivity contribution < 1.29 is 4.74 Å². The molecule has 1 atom stereocenters. The molecule has 1 fully saturated rings. The molecule has 1 aromatic rings. The second-order valence-electron chi connectivity index (χ2n) is 3.85. The van der Waals surface area contributed by atoms with Crippen LogP contribution in [-0.2, 0) is 10.3 Å². The highest BCUT2D eigenvalue weighted by Crippen LogP contribution is 2.25. The van der Waals surface area contributed by atoms with Crippen molar-refractivity contribution in [1.29, 1.82) is 0 Å². The summed E-state index contributed by atoms with van der Waals surface area (Å²) in [6.07, 6.45) is 1.88. The first kappa shape index (κ1) is 9.67. The summed E-state index contributed by atoms with van der Waals surface area (Å²) in [6.45, 7) is 3.30. The van der Waals surface area contributed by atoms with Gasteiger partial charge in [0.05, 0.1) is 12.1 Å². The predicted molar refractivity (Wildman–Crippen MR) is 53.9 cm³/mol. The minimum Gasteiger partial charge on any atom is -0.379 e. The number of hydrogen-bond donors (Lipinski definition) is 2. The molecule has 1 unspecified atom stereocenters. The van der Waals surface area contributed by atoms with E-state index in [0.717, 1.165) is 19.4 Å². The van der Waals surface area contributed by atoms with E-state index in [2.05, 4.69) is 10.2 Å². The van der Waals surface area contributed by atoms with Gasteiger partial charge in [0, 0.05) is 6.61 Å². The van der Waals surface area contributed by atoms with E-state index in [9.17, 15) is 4.79 Å².